The summed E-state index contributed by atoms with van der Waals surface area (Å²) in [5.74, 6) is 1.50. The molecule has 0 spiro atoms. The fraction of sp³-hybridized carbons (Fsp3) is 0.385. The zero-order valence-corrected chi connectivity index (χ0v) is 12.8. The average molecular weight is 326 g/mol. The van der Waals surface area contributed by atoms with Crippen LogP contribution in [0.3, 0.4) is 0 Å². The molecule has 0 fully saturated rings. The van der Waals surface area contributed by atoms with Crippen molar-refractivity contribution in [3.05, 3.63) is 34.0 Å². The highest BCUT2D eigenvalue weighted by atomic mass is 79.9. The van der Waals surface area contributed by atoms with E-state index in [2.05, 4.69) is 45.8 Å². The molecule has 2 aromatic heterocycles. The van der Waals surface area contributed by atoms with Crippen molar-refractivity contribution in [1.82, 2.24) is 9.97 Å². The van der Waals surface area contributed by atoms with E-state index in [0.717, 1.165) is 20.2 Å². The number of hydrogen-bond acceptors (Lipinski definition) is 4. The molecule has 0 aliphatic rings. The summed E-state index contributed by atoms with van der Waals surface area (Å²) in [6.45, 7) is 4.87. The number of halogens is 1. The van der Waals surface area contributed by atoms with E-state index < -0.39 is 0 Å². The first-order valence-electron chi connectivity index (χ1n) is 5.90. The molecule has 96 valence electrons. The Morgan fingerprint density at radius 2 is 2.11 bits per heavy atom. The van der Waals surface area contributed by atoms with Crippen molar-refractivity contribution in [3.8, 4) is 10.6 Å². The van der Waals surface area contributed by atoms with E-state index in [4.69, 9.17) is 5.73 Å². The van der Waals surface area contributed by atoms with Crippen molar-refractivity contribution < 1.29 is 0 Å². The molecular formula is C13H16BrN3S. The monoisotopic (exact) mass is 325 g/mol. The molecule has 0 saturated heterocycles. The van der Waals surface area contributed by atoms with Crippen LogP contribution in [0, 0.1) is 5.92 Å². The van der Waals surface area contributed by atoms with E-state index in [1.165, 1.54) is 0 Å². The third-order valence-corrected chi connectivity index (χ3v) is 4.54. The summed E-state index contributed by atoms with van der Waals surface area (Å²) in [6, 6.07) is 6.04. The number of rotatable bonds is 4. The minimum absolute atomic E-state index is 0.216. The summed E-state index contributed by atoms with van der Waals surface area (Å²) in [7, 11) is 0. The second kappa shape index (κ2) is 5.91. The van der Waals surface area contributed by atoms with E-state index in [1.807, 2.05) is 18.3 Å². The van der Waals surface area contributed by atoms with Gasteiger partial charge in [-0.2, -0.15) is 0 Å². The van der Waals surface area contributed by atoms with Crippen LogP contribution in [0.25, 0.3) is 10.6 Å². The third-order valence-electron chi connectivity index (χ3n) is 2.89. The molecule has 0 saturated carbocycles. The van der Waals surface area contributed by atoms with Crippen LogP contribution in [-0.2, 0) is 0 Å². The van der Waals surface area contributed by atoms with Crippen LogP contribution in [0.4, 0.5) is 0 Å². The molecule has 0 aromatic carbocycles. The predicted octanol–water partition coefficient (Wildman–Crippen LogP) is 3.67. The van der Waals surface area contributed by atoms with Gasteiger partial charge in [0.15, 0.2) is 0 Å². The first kappa shape index (κ1) is 13.6. The SMILES string of the molecule is CC(C)C(CN)c1nccc(-c2ccc(Br)s2)n1. The van der Waals surface area contributed by atoms with Crippen molar-refractivity contribution in [3.63, 3.8) is 0 Å². The molecule has 2 heterocycles. The van der Waals surface area contributed by atoms with E-state index in [-0.39, 0.29) is 5.92 Å². The lowest BCUT2D eigenvalue weighted by Gasteiger charge is -2.17. The lowest BCUT2D eigenvalue weighted by molar-refractivity contribution is 0.484. The maximum atomic E-state index is 5.81. The first-order valence-corrected chi connectivity index (χ1v) is 7.51. The van der Waals surface area contributed by atoms with Crippen LogP contribution < -0.4 is 5.73 Å². The van der Waals surface area contributed by atoms with Gasteiger partial charge in [-0.25, -0.2) is 9.97 Å². The Morgan fingerprint density at radius 3 is 2.67 bits per heavy atom. The lowest BCUT2D eigenvalue weighted by atomic mass is 9.95. The number of hydrogen-bond donors (Lipinski definition) is 1. The summed E-state index contributed by atoms with van der Waals surface area (Å²) in [5, 5.41) is 0. The smallest absolute Gasteiger partial charge is 0.133 e. The maximum Gasteiger partial charge on any atom is 0.133 e. The fourth-order valence-corrected chi connectivity index (χ4v) is 3.17. The van der Waals surface area contributed by atoms with E-state index in [9.17, 15) is 0 Å². The Morgan fingerprint density at radius 1 is 1.33 bits per heavy atom. The molecule has 3 nitrogen and oxygen atoms in total. The summed E-state index contributed by atoms with van der Waals surface area (Å²) in [6.07, 6.45) is 1.82. The Labute approximate surface area is 120 Å². The van der Waals surface area contributed by atoms with E-state index in [0.29, 0.717) is 12.5 Å². The van der Waals surface area contributed by atoms with Crippen molar-refractivity contribution in [2.75, 3.05) is 6.54 Å². The Kier molecular flexibility index (Phi) is 4.48. The standard InChI is InChI=1S/C13H16BrN3S/c1-8(2)9(7-15)13-16-6-5-10(17-13)11-3-4-12(14)18-11/h3-6,8-9H,7,15H2,1-2H3. The molecule has 2 N–H and O–H groups in total. The van der Waals surface area contributed by atoms with Crippen LogP contribution in [0.2, 0.25) is 0 Å². The van der Waals surface area contributed by atoms with Gasteiger partial charge in [-0.15, -0.1) is 11.3 Å². The molecular weight excluding hydrogens is 310 g/mol. The molecule has 5 heteroatoms. The highest BCUT2D eigenvalue weighted by molar-refractivity contribution is 9.11. The summed E-state index contributed by atoms with van der Waals surface area (Å²) < 4.78 is 1.11. The van der Waals surface area contributed by atoms with Crippen LogP contribution >= 0.6 is 27.3 Å². The lowest BCUT2D eigenvalue weighted by Crippen LogP contribution is -2.20. The molecule has 0 radical (unpaired) electrons. The quantitative estimate of drug-likeness (QED) is 0.933. The van der Waals surface area contributed by atoms with E-state index >= 15 is 0 Å². The van der Waals surface area contributed by atoms with Gasteiger partial charge in [0.1, 0.15) is 5.82 Å². The fourth-order valence-electron chi connectivity index (χ4n) is 1.82. The van der Waals surface area contributed by atoms with Gasteiger partial charge in [-0.3, -0.25) is 0 Å². The first-order chi connectivity index (χ1) is 8.61. The molecule has 0 aliphatic carbocycles. The molecule has 0 amide bonds. The third kappa shape index (κ3) is 2.96. The van der Waals surface area contributed by atoms with Crippen LogP contribution in [0.1, 0.15) is 25.6 Å². The second-order valence-corrected chi connectivity index (χ2v) is 6.95. The largest absolute Gasteiger partial charge is 0.330 e. The van der Waals surface area contributed by atoms with Gasteiger partial charge in [0, 0.05) is 18.7 Å². The number of thiophene rings is 1. The van der Waals surface area contributed by atoms with Gasteiger partial charge in [0.2, 0.25) is 0 Å². The zero-order valence-electron chi connectivity index (χ0n) is 10.4. The van der Waals surface area contributed by atoms with Gasteiger partial charge in [-0.05, 0) is 40.0 Å². The minimum Gasteiger partial charge on any atom is -0.330 e. The van der Waals surface area contributed by atoms with Gasteiger partial charge in [0.25, 0.3) is 0 Å². The number of aromatic nitrogens is 2. The molecule has 1 unspecified atom stereocenters. The molecule has 1 atom stereocenters. The van der Waals surface area contributed by atoms with Crippen molar-refractivity contribution >= 4 is 27.3 Å². The normalized spacial score (nSPS) is 12.9. The topological polar surface area (TPSA) is 51.8 Å². The van der Waals surface area contributed by atoms with Crippen LogP contribution in [0.15, 0.2) is 28.2 Å². The van der Waals surface area contributed by atoms with Crippen molar-refractivity contribution in [2.24, 2.45) is 11.7 Å². The highest BCUT2D eigenvalue weighted by Crippen LogP contribution is 2.30. The molecule has 0 aliphatic heterocycles. The Hall–Kier alpha value is -0.780. The summed E-state index contributed by atoms with van der Waals surface area (Å²) in [4.78, 5) is 10.2. The van der Waals surface area contributed by atoms with Gasteiger partial charge in [-0.1, -0.05) is 13.8 Å². The Balaban J connectivity index is 2.35. The molecule has 2 rings (SSSR count). The second-order valence-electron chi connectivity index (χ2n) is 4.49. The Bertz CT molecular complexity index is 524. The summed E-state index contributed by atoms with van der Waals surface area (Å²) >= 11 is 5.14. The molecule has 18 heavy (non-hydrogen) atoms. The van der Waals surface area contributed by atoms with Crippen LogP contribution in [0.5, 0.6) is 0 Å². The zero-order chi connectivity index (χ0) is 13.1. The van der Waals surface area contributed by atoms with Gasteiger partial charge >= 0.3 is 0 Å². The summed E-state index contributed by atoms with van der Waals surface area (Å²) in [5.41, 5.74) is 6.78. The van der Waals surface area contributed by atoms with Crippen LogP contribution in [-0.4, -0.2) is 16.5 Å². The van der Waals surface area contributed by atoms with Crippen molar-refractivity contribution in [1.29, 1.82) is 0 Å². The van der Waals surface area contributed by atoms with Crippen molar-refractivity contribution in [2.45, 2.75) is 19.8 Å². The average Bonchev–Trinajstić information content (AvgIpc) is 2.77. The molecule has 2 aromatic rings. The number of nitrogens with zero attached hydrogens (tertiary/aromatic N) is 2. The van der Waals surface area contributed by atoms with Gasteiger partial charge < -0.3 is 5.73 Å². The molecule has 0 bridgehead atoms. The number of nitrogens with two attached hydrogens (primary N) is 1. The van der Waals surface area contributed by atoms with E-state index in [1.54, 1.807) is 11.3 Å². The highest BCUT2D eigenvalue weighted by Gasteiger charge is 2.17. The predicted molar refractivity (Wildman–Crippen MR) is 79.7 cm³/mol. The minimum atomic E-state index is 0.216. The van der Waals surface area contributed by atoms with Gasteiger partial charge in [0.05, 0.1) is 14.4 Å². The maximum absolute atomic E-state index is 5.81.